The maximum Gasteiger partial charge on any atom is 0.337 e. The Morgan fingerprint density at radius 3 is 2.41 bits per heavy atom. The average molecular weight is 384 g/mol. The van der Waals surface area contributed by atoms with Gasteiger partial charge >= 0.3 is 5.97 Å². The Labute approximate surface area is 161 Å². The number of benzene rings is 2. The molecule has 0 unspecified atom stereocenters. The van der Waals surface area contributed by atoms with Crippen molar-refractivity contribution in [3.63, 3.8) is 0 Å². The van der Waals surface area contributed by atoms with Crippen molar-refractivity contribution in [2.75, 3.05) is 23.5 Å². The average Bonchev–Trinajstić information content (AvgIpc) is 2.67. The van der Waals surface area contributed by atoms with Gasteiger partial charge in [-0.3, -0.25) is 0 Å². The Morgan fingerprint density at radius 2 is 1.74 bits per heavy atom. The second-order valence-corrected chi connectivity index (χ2v) is 6.20. The van der Waals surface area contributed by atoms with E-state index >= 15 is 0 Å². The smallest absolute Gasteiger partial charge is 0.337 e. The largest absolute Gasteiger partial charge is 0.465 e. The maximum absolute atomic E-state index is 11.5. The molecule has 138 valence electrons. The third kappa shape index (κ3) is 4.27. The monoisotopic (exact) mass is 383 g/mol. The van der Waals surface area contributed by atoms with Crippen molar-refractivity contribution in [1.29, 1.82) is 0 Å². The zero-order valence-corrected chi connectivity index (χ0v) is 15.5. The highest BCUT2D eigenvalue weighted by Gasteiger charge is 2.11. The molecule has 27 heavy (non-hydrogen) atoms. The molecule has 0 saturated heterocycles. The molecular formula is C19H18ClN5O2. The molecule has 3 rings (SSSR count). The van der Waals surface area contributed by atoms with Gasteiger partial charge in [-0.05, 0) is 48.9 Å². The fourth-order valence-electron chi connectivity index (χ4n) is 2.40. The van der Waals surface area contributed by atoms with Gasteiger partial charge in [-0.25, -0.2) is 14.8 Å². The van der Waals surface area contributed by atoms with Gasteiger partial charge in [0, 0.05) is 16.4 Å². The number of aryl methyl sites for hydroxylation is 1. The van der Waals surface area contributed by atoms with E-state index in [0.717, 1.165) is 16.9 Å². The van der Waals surface area contributed by atoms with Crippen LogP contribution in [-0.4, -0.2) is 23.0 Å². The first-order chi connectivity index (χ1) is 13.0. The molecule has 8 heteroatoms. The normalized spacial score (nSPS) is 10.3. The van der Waals surface area contributed by atoms with Crippen LogP contribution in [-0.2, 0) is 4.74 Å². The molecule has 0 spiro atoms. The van der Waals surface area contributed by atoms with Gasteiger partial charge in [-0.2, -0.15) is 0 Å². The number of nitrogens with two attached hydrogens (primary N) is 1. The molecule has 0 saturated carbocycles. The van der Waals surface area contributed by atoms with Crippen molar-refractivity contribution in [2.45, 2.75) is 6.92 Å². The number of methoxy groups -OCH3 is 1. The Balaban J connectivity index is 1.82. The van der Waals surface area contributed by atoms with Gasteiger partial charge in [0.15, 0.2) is 11.6 Å². The van der Waals surface area contributed by atoms with Crippen LogP contribution in [0.4, 0.5) is 28.7 Å². The highest BCUT2D eigenvalue weighted by atomic mass is 35.5. The number of carbonyl (C=O) groups is 1. The first-order valence-electron chi connectivity index (χ1n) is 8.07. The molecule has 0 atom stereocenters. The first-order valence-corrected chi connectivity index (χ1v) is 8.45. The van der Waals surface area contributed by atoms with Gasteiger partial charge in [0.05, 0.1) is 12.7 Å². The van der Waals surface area contributed by atoms with Gasteiger partial charge in [0.25, 0.3) is 0 Å². The highest BCUT2D eigenvalue weighted by Crippen LogP contribution is 2.30. The summed E-state index contributed by atoms with van der Waals surface area (Å²) >= 11 is 6.06. The summed E-state index contributed by atoms with van der Waals surface area (Å²) in [5.74, 6) is 0.508. The lowest BCUT2D eigenvalue weighted by Gasteiger charge is -2.14. The van der Waals surface area contributed by atoms with Crippen molar-refractivity contribution in [1.82, 2.24) is 9.97 Å². The van der Waals surface area contributed by atoms with Crippen LogP contribution >= 0.6 is 11.6 Å². The zero-order valence-electron chi connectivity index (χ0n) is 14.8. The molecule has 0 aliphatic heterocycles. The van der Waals surface area contributed by atoms with E-state index in [4.69, 9.17) is 17.3 Å². The molecule has 0 amide bonds. The molecule has 0 radical (unpaired) electrons. The third-order valence-electron chi connectivity index (χ3n) is 3.91. The molecule has 0 aliphatic carbocycles. The summed E-state index contributed by atoms with van der Waals surface area (Å²) in [5.41, 5.74) is 9.55. The molecule has 0 bridgehead atoms. The first kappa shape index (κ1) is 18.5. The van der Waals surface area contributed by atoms with E-state index in [0.29, 0.717) is 27.9 Å². The van der Waals surface area contributed by atoms with E-state index < -0.39 is 5.97 Å². The second-order valence-electron chi connectivity index (χ2n) is 5.76. The van der Waals surface area contributed by atoms with Crippen LogP contribution in [0.1, 0.15) is 15.9 Å². The van der Waals surface area contributed by atoms with Crippen molar-refractivity contribution >= 4 is 46.3 Å². The Hall–Kier alpha value is -3.32. The lowest BCUT2D eigenvalue weighted by Crippen LogP contribution is -2.06. The third-order valence-corrected chi connectivity index (χ3v) is 4.14. The van der Waals surface area contributed by atoms with E-state index in [9.17, 15) is 4.79 Å². The van der Waals surface area contributed by atoms with Crippen LogP contribution in [0.15, 0.2) is 48.8 Å². The number of nitrogens with zero attached hydrogens (tertiary/aromatic N) is 2. The minimum absolute atomic E-state index is 0.355. The second kappa shape index (κ2) is 7.92. The van der Waals surface area contributed by atoms with Gasteiger partial charge in [0.1, 0.15) is 12.0 Å². The molecule has 3 aromatic rings. The Bertz CT molecular complexity index is 976. The lowest BCUT2D eigenvalue weighted by atomic mass is 10.2. The van der Waals surface area contributed by atoms with Gasteiger partial charge in [0.2, 0.25) is 0 Å². The van der Waals surface area contributed by atoms with Crippen molar-refractivity contribution < 1.29 is 9.53 Å². The number of hydrogen-bond donors (Lipinski definition) is 3. The van der Waals surface area contributed by atoms with E-state index in [1.165, 1.54) is 13.4 Å². The number of carbonyl (C=O) groups excluding carboxylic acids is 1. The predicted octanol–water partition coefficient (Wildman–Crippen LogP) is 4.29. The summed E-state index contributed by atoms with van der Waals surface area (Å²) in [4.78, 5) is 19.9. The fourth-order valence-corrected chi connectivity index (χ4v) is 2.57. The summed E-state index contributed by atoms with van der Waals surface area (Å²) in [6.45, 7) is 1.96. The summed E-state index contributed by atoms with van der Waals surface area (Å²) in [6.07, 6.45) is 1.41. The van der Waals surface area contributed by atoms with Crippen LogP contribution in [0.5, 0.6) is 0 Å². The van der Waals surface area contributed by atoms with E-state index in [1.54, 1.807) is 30.3 Å². The van der Waals surface area contributed by atoms with Crippen molar-refractivity contribution in [3.8, 4) is 0 Å². The van der Waals surface area contributed by atoms with Crippen molar-refractivity contribution in [3.05, 3.63) is 64.9 Å². The number of ether oxygens (including phenoxy) is 1. The molecule has 2 aromatic carbocycles. The minimum atomic E-state index is -0.397. The van der Waals surface area contributed by atoms with Crippen LogP contribution in [0.2, 0.25) is 5.02 Å². The molecule has 0 fully saturated rings. The number of esters is 1. The van der Waals surface area contributed by atoms with E-state index in [2.05, 4.69) is 25.3 Å². The van der Waals surface area contributed by atoms with Crippen molar-refractivity contribution in [2.24, 2.45) is 0 Å². The van der Waals surface area contributed by atoms with Gasteiger partial charge in [-0.1, -0.05) is 17.7 Å². The van der Waals surface area contributed by atoms with Gasteiger partial charge in [-0.15, -0.1) is 0 Å². The SMILES string of the molecule is COC(=O)c1ccc(Nc2ncnc(Nc3cc(Cl)ccc3C)c2N)cc1. The number of rotatable bonds is 5. The van der Waals surface area contributed by atoms with Crippen LogP contribution < -0.4 is 16.4 Å². The standard InChI is InChI=1S/C19H18ClN5O2/c1-11-3-6-13(20)9-15(11)25-18-16(21)17(22-10-23-18)24-14-7-4-12(5-8-14)19(26)27-2/h3-10H,21H2,1-2H3,(H2,22,23,24,25). The summed E-state index contributed by atoms with van der Waals surface area (Å²) in [6, 6.07) is 12.3. The molecular weight excluding hydrogens is 366 g/mol. The van der Waals surface area contributed by atoms with Crippen LogP contribution in [0, 0.1) is 6.92 Å². The maximum atomic E-state index is 11.5. The van der Waals surface area contributed by atoms with Gasteiger partial charge < -0.3 is 21.1 Å². The van der Waals surface area contributed by atoms with Crippen LogP contribution in [0.25, 0.3) is 0 Å². The Morgan fingerprint density at radius 1 is 1.07 bits per heavy atom. The van der Waals surface area contributed by atoms with Crippen LogP contribution in [0.3, 0.4) is 0 Å². The molecule has 1 aromatic heterocycles. The summed E-state index contributed by atoms with van der Waals surface area (Å²) < 4.78 is 4.69. The Kier molecular flexibility index (Phi) is 5.42. The number of aromatic nitrogens is 2. The summed E-state index contributed by atoms with van der Waals surface area (Å²) in [5, 5.41) is 6.90. The topological polar surface area (TPSA) is 102 Å². The number of anilines is 5. The predicted molar refractivity (Wildman–Crippen MR) is 107 cm³/mol. The lowest BCUT2D eigenvalue weighted by molar-refractivity contribution is 0.0601. The number of nitrogen functional groups attached to an aromatic ring is 1. The zero-order chi connectivity index (χ0) is 19.4. The van der Waals surface area contributed by atoms with E-state index in [1.807, 2.05) is 19.1 Å². The minimum Gasteiger partial charge on any atom is -0.465 e. The molecule has 4 N–H and O–H groups in total. The van der Waals surface area contributed by atoms with E-state index in [-0.39, 0.29) is 0 Å². The fraction of sp³-hybridized carbons (Fsp3) is 0.105. The quantitative estimate of drug-likeness (QED) is 0.564. The molecule has 7 nitrogen and oxygen atoms in total. The molecule has 0 aliphatic rings. The summed E-state index contributed by atoms with van der Waals surface area (Å²) in [7, 11) is 1.34. The molecule has 1 heterocycles. The highest BCUT2D eigenvalue weighted by molar-refractivity contribution is 6.30. The number of hydrogen-bond acceptors (Lipinski definition) is 7. The number of halogens is 1. The number of nitrogens with one attached hydrogen (secondary N) is 2.